The summed E-state index contributed by atoms with van der Waals surface area (Å²) in [5, 5.41) is 12.4. The van der Waals surface area contributed by atoms with E-state index >= 15 is 0 Å². The van der Waals surface area contributed by atoms with Crippen LogP contribution in [0.25, 0.3) is 0 Å². The van der Waals surface area contributed by atoms with Crippen molar-refractivity contribution < 1.29 is 33.7 Å². The number of ether oxygens (including phenoxy) is 3. The molecule has 2 aromatic rings. The van der Waals surface area contributed by atoms with Crippen LogP contribution in [0, 0.1) is 10.8 Å². The van der Waals surface area contributed by atoms with E-state index in [9.17, 15) is 19.5 Å². The van der Waals surface area contributed by atoms with Gasteiger partial charge in [0.2, 0.25) is 0 Å². The summed E-state index contributed by atoms with van der Waals surface area (Å²) in [5.41, 5.74) is -2.37. The van der Waals surface area contributed by atoms with Crippen molar-refractivity contribution in [2.45, 2.75) is 38.5 Å². The second-order valence-corrected chi connectivity index (χ2v) is 9.97. The van der Waals surface area contributed by atoms with Gasteiger partial charge < -0.3 is 19.3 Å². The molecule has 11 nitrogen and oxygen atoms in total. The quantitative estimate of drug-likeness (QED) is 0.367. The SMILES string of the molecule is CCCN1C(c2ccccn2)C2(C(=O)OC)CN(CC(=O)OCC)CC(C(=O)OC)(C1c1ccccn1)C2O. The zero-order valence-corrected chi connectivity index (χ0v) is 22.8. The number of likely N-dealkylation sites (tertiary alicyclic amines) is 2. The number of methoxy groups -OCH3 is 2. The Bertz CT molecular complexity index is 1090. The molecule has 4 atom stereocenters. The highest BCUT2D eigenvalue weighted by atomic mass is 16.5. The molecule has 2 bridgehead atoms. The maximum absolute atomic E-state index is 13.9. The van der Waals surface area contributed by atoms with Crippen LogP contribution in [0.4, 0.5) is 0 Å². The molecule has 2 aliphatic rings. The summed E-state index contributed by atoms with van der Waals surface area (Å²) in [6.45, 7) is 3.98. The third-order valence-electron chi connectivity index (χ3n) is 7.79. The number of carbonyl (C=O) groups is 3. The number of hydrogen-bond donors (Lipinski definition) is 1. The lowest BCUT2D eigenvalue weighted by molar-refractivity contribution is -0.253. The van der Waals surface area contributed by atoms with E-state index in [1.807, 2.05) is 11.8 Å². The van der Waals surface area contributed by atoms with Crippen molar-refractivity contribution in [2.24, 2.45) is 10.8 Å². The van der Waals surface area contributed by atoms with Gasteiger partial charge in [-0.1, -0.05) is 19.1 Å². The predicted octanol–water partition coefficient (Wildman–Crippen LogP) is 1.54. The van der Waals surface area contributed by atoms with Gasteiger partial charge in [0.15, 0.2) is 0 Å². The molecule has 0 saturated carbocycles. The largest absolute Gasteiger partial charge is 0.468 e. The Morgan fingerprint density at radius 3 is 1.82 bits per heavy atom. The molecule has 0 aliphatic carbocycles. The molecule has 0 amide bonds. The van der Waals surface area contributed by atoms with Gasteiger partial charge in [-0.05, 0) is 44.2 Å². The second-order valence-electron chi connectivity index (χ2n) is 9.97. The number of nitrogens with zero attached hydrogens (tertiary/aromatic N) is 4. The Hall–Kier alpha value is -3.41. The summed E-state index contributed by atoms with van der Waals surface area (Å²) in [7, 11) is 2.50. The maximum Gasteiger partial charge on any atom is 0.320 e. The minimum atomic E-state index is -1.71. The zero-order chi connectivity index (χ0) is 28.2. The molecule has 210 valence electrons. The van der Waals surface area contributed by atoms with Crippen molar-refractivity contribution in [2.75, 3.05) is 47.0 Å². The number of hydrogen-bond acceptors (Lipinski definition) is 11. The highest BCUT2D eigenvalue weighted by Gasteiger charge is 2.75. The first-order chi connectivity index (χ1) is 18.8. The lowest BCUT2D eigenvalue weighted by atomic mass is 9.53. The Kier molecular flexibility index (Phi) is 8.63. The molecule has 0 spiro atoms. The fourth-order valence-corrected chi connectivity index (χ4v) is 6.56. The van der Waals surface area contributed by atoms with E-state index in [0.29, 0.717) is 24.4 Å². The molecule has 0 aromatic carbocycles. The van der Waals surface area contributed by atoms with Crippen molar-refractivity contribution in [1.29, 1.82) is 0 Å². The van der Waals surface area contributed by atoms with Crippen LogP contribution in [-0.2, 0) is 28.6 Å². The fraction of sp³-hybridized carbons (Fsp3) is 0.536. The van der Waals surface area contributed by atoms with E-state index in [4.69, 9.17) is 14.2 Å². The molecule has 1 N–H and O–H groups in total. The standard InChI is InChI=1S/C28H36N4O7/c1-5-15-32-22(19-11-7-9-13-29-19)27(25(35)37-3)17-31(16-21(33)39-6-2)18-28(24(27)34,26(36)38-4)23(32)20-12-8-10-14-30-20/h7-14,22-24,34H,5-6,15-18H2,1-4H3. The smallest absolute Gasteiger partial charge is 0.320 e. The topological polar surface area (TPSA) is 131 Å². The van der Waals surface area contributed by atoms with Crippen LogP contribution in [0.5, 0.6) is 0 Å². The fourth-order valence-electron chi connectivity index (χ4n) is 6.56. The average molecular weight is 541 g/mol. The molecule has 2 aliphatic heterocycles. The van der Waals surface area contributed by atoms with E-state index < -0.39 is 46.9 Å². The number of aliphatic hydroxyl groups excluding tert-OH is 1. The first kappa shape index (κ1) is 28.6. The van der Waals surface area contributed by atoms with E-state index in [-0.39, 0.29) is 26.2 Å². The molecular formula is C28H36N4O7. The van der Waals surface area contributed by atoms with Crippen molar-refractivity contribution in [3.05, 3.63) is 60.2 Å². The summed E-state index contributed by atoms with van der Waals surface area (Å²) in [5.74, 6) is -1.94. The maximum atomic E-state index is 13.9. The number of piperidine rings is 2. The molecule has 4 unspecified atom stereocenters. The number of carbonyl (C=O) groups excluding carboxylic acids is 3. The van der Waals surface area contributed by atoms with Crippen molar-refractivity contribution in [1.82, 2.24) is 19.8 Å². The Balaban J connectivity index is 2.07. The normalized spacial score (nSPS) is 28.9. The van der Waals surface area contributed by atoms with Crippen molar-refractivity contribution >= 4 is 17.9 Å². The molecule has 11 heteroatoms. The second kappa shape index (κ2) is 11.8. The molecule has 2 aromatic heterocycles. The number of esters is 3. The molecule has 2 saturated heterocycles. The predicted molar refractivity (Wildman–Crippen MR) is 139 cm³/mol. The minimum Gasteiger partial charge on any atom is -0.468 e. The number of rotatable bonds is 9. The van der Waals surface area contributed by atoms with Crippen molar-refractivity contribution in [3.8, 4) is 0 Å². The minimum absolute atomic E-state index is 0.0746. The molecule has 0 radical (unpaired) electrons. The van der Waals surface area contributed by atoms with Crippen LogP contribution >= 0.6 is 0 Å². The molecule has 4 heterocycles. The zero-order valence-electron chi connectivity index (χ0n) is 22.8. The van der Waals surface area contributed by atoms with Gasteiger partial charge in [-0.15, -0.1) is 0 Å². The first-order valence-corrected chi connectivity index (χ1v) is 13.1. The van der Waals surface area contributed by atoms with E-state index in [1.165, 1.54) is 14.2 Å². The van der Waals surface area contributed by atoms with Crippen LogP contribution in [0.3, 0.4) is 0 Å². The van der Waals surface area contributed by atoms with Crippen LogP contribution < -0.4 is 0 Å². The molecular weight excluding hydrogens is 504 g/mol. The van der Waals surface area contributed by atoms with Crippen molar-refractivity contribution in [3.63, 3.8) is 0 Å². The summed E-state index contributed by atoms with van der Waals surface area (Å²) in [6, 6.07) is 9.07. The average Bonchev–Trinajstić information content (AvgIpc) is 2.95. The van der Waals surface area contributed by atoms with Gasteiger partial charge in [-0.25, -0.2) is 0 Å². The van der Waals surface area contributed by atoms with Gasteiger partial charge in [-0.2, -0.15) is 0 Å². The van der Waals surface area contributed by atoms with Gasteiger partial charge >= 0.3 is 17.9 Å². The highest BCUT2D eigenvalue weighted by molar-refractivity contribution is 5.86. The van der Waals surface area contributed by atoms with E-state index in [0.717, 1.165) is 0 Å². The van der Waals surface area contributed by atoms with Crippen LogP contribution in [0.15, 0.2) is 48.8 Å². The first-order valence-electron chi connectivity index (χ1n) is 13.1. The van der Waals surface area contributed by atoms with Gasteiger partial charge in [0, 0.05) is 25.5 Å². The van der Waals surface area contributed by atoms with Crippen LogP contribution in [0.2, 0.25) is 0 Å². The van der Waals surface area contributed by atoms with Gasteiger partial charge in [-0.3, -0.25) is 34.2 Å². The molecule has 39 heavy (non-hydrogen) atoms. The number of fused-ring (bicyclic) bond motifs is 2. The third-order valence-corrected chi connectivity index (χ3v) is 7.79. The summed E-state index contributed by atoms with van der Waals surface area (Å²) in [4.78, 5) is 53.5. The van der Waals surface area contributed by atoms with E-state index in [2.05, 4.69) is 9.97 Å². The number of pyridine rings is 2. The summed E-state index contributed by atoms with van der Waals surface area (Å²) < 4.78 is 15.9. The van der Waals surface area contributed by atoms with Crippen LogP contribution in [-0.4, -0.2) is 95.9 Å². The Morgan fingerprint density at radius 2 is 1.44 bits per heavy atom. The number of aromatic nitrogens is 2. The lowest BCUT2D eigenvalue weighted by Crippen LogP contribution is -2.77. The monoisotopic (exact) mass is 540 g/mol. The highest BCUT2D eigenvalue weighted by Crippen LogP contribution is 2.62. The molecule has 2 fully saturated rings. The summed E-state index contributed by atoms with van der Waals surface area (Å²) >= 11 is 0. The van der Waals surface area contributed by atoms with Crippen LogP contribution in [0.1, 0.15) is 43.7 Å². The Labute approximate surface area is 228 Å². The van der Waals surface area contributed by atoms with Gasteiger partial charge in [0.25, 0.3) is 0 Å². The lowest BCUT2D eigenvalue weighted by Gasteiger charge is -2.65. The summed E-state index contributed by atoms with van der Waals surface area (Å²) in [6.07, 6.45) is 2.35. The van der Waals surface area contributed by atoms with Gasteiger partial charge in [0.1, 0.15) is 10.8 Å². The third kappa shape index (κ3) is 4.68. The molecule has 4 rings (SSSR count). The van der Waals surface area contributed by atoms with Gasteiger partial charge in [0.05, 0.1) is 56.9 Å². The number of aliphatic hydroxyl groups is 1. The van der Waals surface area contributed by atoms with E-state index in [1.54, 1.807) is 60.6 Å². The Morgan fingerprint density at radius 1 is 0.923 bits per heavy atom.